The van der Waals surface area contributed by atoms with E-state index in [2.05, 4.69) is 0 Å². The molecule has 0 spiro atoms. The molecule has 6 heteroatoms. The summed E-state index contributed by atoms with van der Waals surface area (Å²) in [6.45, 7) is 5.09. The van der Waals surface area contributed by atoms with E-state index in [4.69, 9.17) is 23.2 Å². The van der Waals surface area contributed by atoms with Crippen molar-refractivity contribution in [1.29, 1.82) is 0 Å². The highest BCUT2D eigenvalue weighted by atomic mass is 35.5. The first kappa shape index (κ1) is 15.1. The van der Waals surface area contributed by atoms with Crippen LogP contribution in [0.5, 0.6) is 0 Å². The molecular weight excluding hydrogens is 299 g/mol. The quantitative estimate of drug-likeness (QED) is 0.842. The van der Waals surface area contributed by atoms with Gasteiger partial charge in [-0.15, -0.1) is 0 Å². The molecule has 20 heavy (non-hydrogen) atoms. The van der Waals surface area contributed by atoms with Crippen LogP contribution in [0.4, 0.5) is 0 Å². The summed E-state index contributed by atoms with van der Waals surface area (Å²) in [6, 6.07) is 4.89. The fraction of sp³-hybridized carbons (Fsp3) is 0.429. The van der Waals surface area contributed by atoms with Crippen LogP contribution in [-0.2, 0) is 4.79 Å². The Balaban J connectivity index is 2.13. The van der Waals surface area contributed by atoms with Gasteiger partial charge in [0, 0.05) is 24.2 Å². The third-order valence-corrected chi connectivity index (χ3v) is 3.88. The average molecular weight is 315 g/mol. The van der Waals surface area contributed by atoms with Crippen molar-refractivity contribution in [3.63, 3.8) is 0 Å². The highest BCUT2D eigenvalue weighted by Crippen LogP contribution is 2.23. The maximum atomic E-state index is 12.4. The highest BCUT2D eigenvalue weighted by molar-refractivity contribution is 6.36. The summed E-state index contributed by atoms with van der Waals surface area (Å²) in [5, 5.41) is 0.786. The molecule has 1 saturated heterocycles. The van der Waals surface area contributed by atoms with Gasteiger partial charge in [0.25, 0.3) is 5.91 Å². The number of hydrogen-bond donors (Lipinski definition) is 0. The van der Waals surface area contributed by atoms with Gasteiger partial charge >= 0.3 is 0 Å². The van der Waals surface area contributed by atoms with Crippen molar-refractivity contribution in [3.05, 3.63) is 33.8 Å². The van der Waals surface area contributed by atoms with Crippen LogP contribution in [0.1, 0.15) is 24.2 Å². The van der Waals surface area contributed by atoms with E-state index in [-0.39, 0.29) is 24.4 Å². The number of amides is 2. The lowest BCUT2D eigenvalue weighted by molar-refractivity contribution is -0.136. The van der Waals surface area contributed by atoms with Crippen LogP contribution in [0.2, 0.25) is 10.0 Å². The number of carbonyl (C=O) groups excluding carboxylic acids is 2. The number of hydrogen-bond acceptors (Lipinski definition) is 2. The van der Waals surface area contributed by atoms with Gasteiger partial charge in [-0.3, -0.25) is 9.59 Å². The summed E-state index contributed by atoms with van der Waals surface area (Å²) >= 11 is 11.8. The van der Waals surface area contributed by atoms with E-state index in [1.54, 1.807) is 17.0 Å². The first-order valence-electron chi connectivity index (χ1n) is 6.44. The fourth-order valence-electron chi connectivity index (χ4n) is 2.24. The molecule has 1 aromatic carbocycles. The first-order valence-corrected chi connectivity index (χ1v) is 7.19. The minimum Gasteiger partial charge on any atom is -0.337 e. The minimum atomic E-state index is -0.233. The molecule has 0 bridgehead atoms. The predicted octanol–water partition coefficient (Wildman–Crippen LogP) is 2.69. The van der Waals surface area contributed by atoms with E-state index in [1.165, 1.54) is 11.0 Å². The van der Waals surface area contributed by atoms with Crippen LogP contribution in [0.25, 0.3) is 0 Å². The van der Waals surface area contributed by atoms with Gasteiger partial charge in [-0.1, -0.05) is 23.2 Å². The topological polar surface area (TPSA) is 40.6 Å². The summed E-state index contributed by atoms with van der Waals surface area (Å²) in [5.74, 6) is -0.270. The molecule has 108 valence electrons. The lowest BCUT2D eigenvalue weighted by Crippen LogP contribution is -2.54. The Bertz CT molecular complexity index is 546. The number of halogens is 2. The van der Waals surface area contributed by atoms with E-state index in [9.17, 15) is 9.59 Å². The van der Waals surface area contributed by atoms with Crippen LogP contribution >= 0.6 is 23.2 Å². The third kappa shape index (κ3) is 3.07. The number of rotatable bonds is 2. The van der Waals surface area contributed by atoms with Gasteiger partial charge < -0.3 is 9.80 Å². The summed E-state index contributed by atoms with van der Waals surface area (Å²) in [6.07, 6.45) is 0. The van der Waals surface area contributed by atoms with E-state index in [0.717, 1.165) is 0 Å². The molecule has 4 nitrogen and oxygen atoms in total. The van der Waals surface area contributed by atoms with E-state index < -0.39 is 0 Å². The van der Waals surface area contributed by atoms with E-state index in [1.807, 2.05) is 13.8 Å². The molecule has 0 N–H and O–H groups in total. The van der Waals surface area contributed by atoms with Crippen LogP contribution in [0, 0.1) is 0 Å². The van der Waals surface area contributed by atoms with Gasteiger partial charge in [-0.2, -0.15) is 0 Å². The SMILES string of the molecule is CC(C)N1CCN(C(=O)c2ccc(Cl)cc2Cl)CC1=O. The number of nitrogens with zero attached hydrogens (tertiary/aromatic N) is 2. The van der Waals surface area contributed by atoms with Gasteiger partial charge in [0.05, 0.1) is 10.6 Å². The van der Waals surface area contributed by atoms with Crippen molar-refractivity contribution in [2.24, 2.45) is 0 Å². The molecule has 1 aromatic rings. The molecule has 0 radical (unpaired) electrons. The van der Waals surface area contributed by atoms with Gasteiger partial charge in [0.15, 0.2) is 0 Å². The summed E-state index contributed by atoms with van der Waals surface area (Å²) < 4.78 is 0. The van der Waals surface area contributed by atoms with Crippen molar-refractivity contribution in [2.45, 2.75) is 19.9 Å². The molecular formula is C14H16Cl2N2O2. The molecule has 0 aromatic heterocycles. The number of carbonyl (C=O) groups is 2. The van der Waals surface area contributed by atoms with Crippen LogP contribution in [0.15, 0.2) is 18.2 Å². The van der Waals surface area contributed by atoms with Gasteiger partial charge in [0.1, 0.15) is 6.54 Å². The van der Waals surface area contributed by atoms with Crippen molar-refractivity contribution in [2.75, 3.05) is 19.6 Å². The molecule has 1 aliphatic rings. The summed E-state index contributed by atoms with van der Waals surface area (Å²) in [7, 11) is 0. The predicted molar refractivity (Wildman–Crippen MR) is 79.2 cm³/mol. The van der Waals surface area contributed by atoms with Crippen molar-refractivity contribution in [3.8, 4) is 0 Å². The van der Waals surface area contributed by atoms with Crippen LogP contribution < -0.4 is 0 Å². The Kier molecular flexibility index (Phi) is 4.55. The Hall–Kier alpha value is -1.26. The zero-order valence-electron chi connectivity index (χ0n) is 11.4. The van der Waals surface area contributed by atoms with Crippen LogP contribution in [-0.4, -0.2) is 47.3 Å². The second-order valence-corrected chi connectivity index (χ2v) is 5.88. The number of benzene rings is 1. The number of piperazine rings is 1. The van der Waals surface area contributed by atoms with E-state index >= 15 is 0 Å². The molecule has 2 amide bonds. The zero-order chi connectivity index (χ0) is 14.9. The second-order valence-electron chi connectivity index (χ2n) is 5.03. The molecule has 2 rings (SSSR count). The standard InChI is InChI=1S/C14H16Cl2N2O2/c1-9(2)18-6-5-17(8-13(18)19)14(20)11-4-3-10(15)7-12(11)16/h3-4,7,9H,5-6,8H2,1-2H3. The Morgan fingerprint density at radius 3 is 2.50 bits per heavy atom. The maximum Gasteiger partial charge on any atom is 0.255 e. The van der Waals surface area contributed by atoms with Crippen LogP contribution in [0.3, 0.4) is 0 Å². The largest absolute Gasteiger partial charge is 0.337 e. The molecule has 0 saturated carbocycles. The second kappa shape index (κ2) is 6.02. The molecule has 0 unspecified atom stereocenters. The normalized spacial score (nSPS) is 15.9. The zero-order valence-corrected chi connectivity index (χ0v) is 12.9. The molecule has 1 aliphatic heterocycles. The van der Waals surface area contributed by atoms with Gasteiger partial charge in [-0.25, -0.2) is 0 Å². The van der Waals surface area contributed by atoms with Crippen molar-refractivity contribution < 1.29 is 9.59 Å². The fourth-order valence-corrected chi connectivity index (χ4v) is 2.73. The lowest BCUT2D eigenvalue weighted by atomic mass is 10.1. The minimum absolute atomic E-state index is 0.0373. The maximum absolute atomic E-state index is 12.4. The third-order valence-electron chi connectivity index (χ3n) is 3.33. The average Bonchev–Trinajstić information content (AvgIpc) is 2.37. The monoisotopic (exact) mass is 314 g/mol. The summed E-state index contributed by atoms with van der Waals surface area (Å²) in [5.41, 5.74) is 0.377. The van der Waals surface area contributed by atoms with Gasteiger partial charge in [-0.05, 0) is 32.0 Å². The van der Waals surface area contributed by atoms with E-state index in [0.29, 0.717) is 28.7 Å². The smallest absolute Gasteiger partial charge is 0.255 e. The molecule has 0 atom stereocenters. The Morgan fingerprint density at radius 2 is 1.95 bits per heavy atom. The summed E-state index contributed by atoms with van der Waals surface area (Å²) in [4.78, 5) is 27.7. The van der Waals surface area contributed by atoms with Gasteiger partial charge in [0.2, 0.25) is 5.91 Å². The highest BCUT2D eigenvalue weighted by Gasteiger charge is 2.29. The molecule has 1 fully saturated rings. The van der Waals surface area contributed by atoms with Crippen molar-refractivity contribution >= 4 is 35.0 Å². The molecule has 0 aliphatic carbocycles. The Labute approximate surface area is 128 Å². The lowest BCUT2D eigenvalue weighted by Gasteiger charge is -2.36. The first-order chi connectivity index (χ1) is 9.40. The van der Waals surface area contributed by atoms with Crippen molar-refractivity contribution in [1.82, 2.24) is 9.80 Å². The Morgan fingerprint density at radius 1 is 1.25 bits per heavy atom. The molecule has 1 heterocycles.